The molecule has 0 saturated heterocycles. The van der Waals surface area contributed by atoms with Crippen LogP contribution in [0.1, 0.15) is 0 Å². The Balaban J connectivity index is 2.75. The zero-order chi connectivity index (χ0) is 9.84. The summed E-state index contributed by atoms with van der Waals surface area (Å²) in [5.41, 5.74) is 6.00. The van der Waals surface area contributed by atoms with Crippen molar-refractivity contribution in [2.75, 3.05) is 11.5 Å². The Bertz CT molecular complexity index is 273. The average Bonchev–Trinajstić information content (AvgIpc) is 2.03. The van der Waals surface area contributed by atoms with Gasteiger partial charge in [0.25, 0.3) is 0 Å². The first-order valence-electron chi connectivity index (χ1n) is 3.56. The van der Waals surface area contributed by atoms with Crippen LogP contribution in [0.25, 0.3) is 0 Å². The van der Waals surface area contributed by atoms with Crippen molar-refractivity contribution in [3.8, 4) is 0 Å². The van der Waals surface area contributed by atoms with Gasteiger partial charge in [-0.15, -0.1) is 11.8 Å². The largest absolute Gasteiger partial charge is 0.398 e. The highest BCUT2D eigenvalue weighted by Gasteiger charge is 2.08. The second kappa shape index (κ2) is 4.67. The Morgan fingerprint density at radius 1 is 1.46 bits per heavy atom. The summed E-state index contributed by atoms with van der Waals surface area (Å²) in [5, 5.41) is 0.422. The highest BCUT2D eigenvalue weighted by atomic mass is 35.5. The molecule has 1 rings (SSSR count). The number of alkyl halides is 2. The van der Waals surface area contributed by atoms with Crippen LogP contribution in [0.15, 0.2) is 23.1 Å². The zero-order valence-electron chi connectivity index (χ0n) is 6.64. The van der Waals surface area contributed by atoms with E-state index in [0.717, 1.165) is 11.8 Å². The van der Waals surface area contributed by atoms with Gasteiger partial charge < -0.3 is 5.73 Å². The fourth-order valence-electron chi connectivity index (χ4n) is 0.824. The summed E-state index contributed by atoms with van der Waals surface area (Å²) in [4.78, 5) is 0.532. The molecule has 0 saturated carbocycles. The molecule has 2 N–H and O–H groups in total. The monoisotopic (exact) mass is 223 g/mol. The summed E-state index contributed by atoms with van der Waals surface area (Å²) < 4.78 is 23.8. The fraction of sp³-hybridized carbons (Fsp3) is 0.250. The molecule has 0 unspecified atom stereocenters. The van der Waals surface area contributed by atoms with Crippen molar-refractivity contribution in [3.05, 3.63) is 23.2 Å². The third-order valence-corrected chi connectivity index (χ3v) is 2.94. The van der Waals surface area contributed by atoms with Gasteiger partial charge in [0.2, 0.25) is 6.43 Å². The quantitative estimate of drug-likeness (QED) is 0.629. The van der Waals surface area contributed by atoms with Gasteiger partial charge in [0, 0.05) is 10.6 Å². The molecule has 0 aliphatic carbocycles. The number of thioether (sulfide) groups is 1. The molecule has 0 amide bonds. The number of benzene rings is 1. The first-order valence-corrected chi connectivity index (χ1v) is 4.92. The minimum atomic E-state index is -2.35. The minimum Gasteiger partial charge on any atom is -0.398 e. The van der Waals surface area contributed by atoms with Gasteiger partial charge in [-0.25, -0.2) is 8.78 Å². The molecule has 0 spiro atoms. The molecule has 0 radical (unpaired) electrons. The Morgan fingerprint density at radius 2 is 2.15 bits per heavy atom. The van der Waals surface area contributed by atoms with Crippen LogP contribution < -0.4 is 5.73 Å². The molecule has 0 aliphatic heterocycles. The average molecular weight is 224 g/mol. The molecular formula is C8H8ClF2NS. The second-order valence-electron chi connectivity index (χ2n) is 2.36. The molecule has 0 bridgehead atoms. The summed E-state index contributed by atoms with van der Waals surface area (Å²) in [5.74, 6) is -0.284. The molecule has 72 valence electrons. The highest BCUT2D eigenvalue weighted by Crippen LogP contribution is 2.32. The van der Waals surface area contributed by atoms with Gasteiger partial charge in [-0.05, 0) is 12.1 Å². The summed E-state index contributed by atoms with van der Waals surface area (Å²) in [6, 6.07) is 4.95. The molecular weight excluding hydrogens is 216 g/mol. The van der Waals surface area contributed by atoms with Crippen LogP contribution in [0, 0.1) is 0 Å². The first-order chi connectivity index (χ1) is 6.11. The van der Waals surface area contributed by atoms with Gasteiger partial charge in [0.1, 0.15) is 0 Å². The molecule has 1 aromatic rings. The Labute approximate surface area is 84.3 Å². The van der Waals surface area contributed by atoms with Crippen LogP contribution in [0.3, 0.4) is 0 Å². The summed E-state index contributed by atoms with van der Waals surface area (Å²) >= 11 is 6.74. The van der Waals surface area contributed by atoms with Gasteiger partial charge >= 0.3 is 0 Å². The van der Waals surface area contributed by atoms with E-state index in [1.54, 1.807) is 18.2 Å². The Kier molecular flexibility index (Phi) is 3.81. The van der Waals surface area contributed by atoms with Gasteiger partial charge in [0.15, 0.2) is 0 Å². The lowest BCUT2D eigenvalue weighted by Crippen LogP contribution is -1.96. The van der Waals surface area contributed by atoms with Crippen LogP contribution in [0.5, 0.6) is 0 Å². The Morgan fingerprint density at radius 3 is 2.69 bits per heavy atom. The molecule has 0 aliphatic rings. The molecule has 1 nitrogen and oxygen atoms in total. The predicted octanol–water partition coefficient (Wildman–Crippen LogP) is 3.28. The number of rotatable bonds is 3. The van der Waals surface area contributed by atoms with Crippen molar-refractivity contribution in [1.29, 1.82) is 0 Å². The van der Waals surface area contributed by atoms with E-state index in [0.29, 0.717) is 15.6 Å². The molecule has 0 atom stereocenters. The molecule has 0 heterocycles. The van der Waals surface area contributed by atoms with Crippen molar-refractivity contribution in [2.24, 2.45) is 0 Å². The highest BCUT2D eigenvalue weighted by molar-refractivity contribution is 7.99. The number of anilines is 1. The van der Waals surface area contributed by atoms with Gasteiger partial charge in [-0.2, -0.15) is 0 Å². The normalized spacial score (nSPS) is 10.8. The van der Waals surface area contributed by atoms with Crippen molar-refractivity contribution >= 4 is 29.1 Å². The lowest BCUT2D eigenvalue weighted by Gasteiger charge is -2.06. The van der Waals surface area contributed by atoms with Crippen LogP contribution >= 0.6 is 23.4 Å². The third-order valence-electron chi connectivity index (χ3n) is 1.35. The van der Waals surface area contributed by atoms with Crippen LogP contribution in [-0.2, 0) is 0 Å². The maximum Gasteiger partial charge on any atom is 0.247 e. The fourth-order valence-corrected chi connectivity index (χ4v) is 1.90. The smallest absolute Gasteiger partial charge is 0.247 e. The second-order valence-corrected chi connectivity index (χ2v) is 3.80. The van der Waals surface area contributed by atoms with Gasteiger partial charge in [-0.1, -0.05) is 17.7 Å². The Hall–Kier alpha value is -0.480. The van der Waals surface area contributed by atoms with E-state index in [1.165, 1.54) is 0 Å². The predicted molar refractivity (Wildman–Crippen MR) is 52.6 cm³/mol. The van der Waals surface area contributed by atoms with Gasteiger partial charge in [-0.3, -0.25) is 0 Å². The van der Waals surface area contributed by atoms with E-state index in [1.807, 2.05) is 0 Å². The van der Waals surface area contributed by atoms with E-state index in [2.05, 4.69) is 0 Å². The number of halogens is 3. The maximum atomic E-state index is 11.9. The van der Waals surface area contributed by atoms with Crippen molar-refractivity contribution in [2.45, 2.75) is 11.3 Å². The number of hydrogen-bond acceptors (Lipinski definition) is 2. The van der Waals surface area contributed by atoms with Crippen LogP contribution in [0.4, 0.5) is 14.5 Å². The number of nitrogens with two attached hydrogens (primary N) is 1. The van der Waals surface area contributed by atoms with Crippen molar-refractivity contribution in [1.82, 2.24) is 0 Å². The molecule has 0 fully saturated rings. The molecule has 13 heavy (non-hydrogen) atoms. The van der Waals surface area contributed by atoms with E-state index in [9.17, 15) is 8.78 Å². The molecule has 0 aromatic heterocycles. The van der Waals surface area contributed by atoms with Crippen LogP contribution in [0.2, 0.25) is 5.02 Å². The van der Waals surface area contributed by atoms with Crippen molar-refractivity contribution < 1.29 is 8.78 Å². The van der Waals surface area contributed by atoms with Crippen molar-refractivity contribution in [3.63, 3.8) is 0 Å². The molecule has 5 heteroatoms. The van der Waals surface area contributed by atoms with Gasteiger partial charge in [0.05, 0.1) is 10.8 Å². The van der Waals surface area contributed by atoms with Crippen LogP contribution in [-0.4, -0.2) is 12.2 Å². The topological polar surface area (TPSA) is 26.0 Å². The SMILES string of the molecule is Nc1cccc(Cl)c1SCC(F)F. The van der Waals surface area contributed by atoms with E-state index < -0.39 is 6.43 Å². The van der Waals surface area contributed by atoms with E-state index in [-0.39, 0.29) is 5.75 Å². The number of nitrogen functional groups attached to an aromatic ring is 1. The summed E-state index contributed by atoms with van der Waals surface area (Å²) in [6.07, 6.45) is -2.35. The summed E-state index contributed by atoms with van der Waals surface area (Å²) in [7, 11) is 0. The summed E-state index contributed by atoms with van der Waals surface area (Å²) in [6.45, 7) is 0. The zero-order valence-corrected chi connectivity index (χ0v) is 8.21. The third kappa shape index (κ3) is 3.04. The maximum absolute atomic E-state index is 11.9. The minimum absolute atomic E-state index is 0.284. The first kappa shape index (κ1) is 10.6. The lowest BCUT2D eigenvalue weighted by molar-refractivity contribution is 0.177. The lowest BCUT2D eigenvalue weighted by atomic mass is 10.3. The van der Waals surface area contributed by atoms with E-state index in [4.69, 9.17) is 17.3 Å². The number of hydrogen-bond donors (Lipinski definition) is 1. The van der Waals surface area contributed by atoms with E-state index >= 15 is 0 Å². The molecule has 1 aromatic carbocycles. The standard InChI is InChI=1S/C8H8ClF2NS/c9-5-2-1-3-6(12)8(5)13-4-7(10)11/h1-3,7H,4,12H2.